The first kappa shape index (κ1) is 36.9. The molecule has 0 spiro atoms. The van der Waals surface area contributed by atoms with Crippen molar-refractivity contribution in [1.29, 1.82) is 0 Å². The normalized spacial score (nSPS) is 25.6. The Bertz CT molecular complexity index is 726. The van der Waals surface area contributed by atoms with E-state index in [1.165, 1.54) is 81.8 Å². The summed E-state index contributed by atoms with van der Waals surface area (Å²) >= 11 is 0. The third-order valence-corrected chi connectivity index (χ3v) is 9.62. The maximum absolute atomic E-state index is 10.9. The Morgan fingerprint density at radius 1 is 0.875 bits per heavy atom. The van der Waals surface area contributed by atoms with Crippen molar-refractivity contribution in [3.63, 3.8) is 0 Å². The molecule has 1 rings (SSSR count). The summed E-state index contributed by atoms with van der Waals surface area (Å²) in [6.07, 6.45) is 23.1. The van der Waals surface area contributed by atoms with Gasteiger partial charge in [-0.05, 0) is 95.3 Å². The maximum Gasteiger partial charge on any atom is 0.306 e. The van der Waals surface area contributed by atoms with E-state index in [1.807, 2.05) is 0 Å². The molecule has 0 aromatic rings. The molecule has 1 saturated carbocycles. The first-order valence-corrected chi connectivity index (χ1v) is 16.9. The minimum Gasteiger partial charge on any atom is -0.481 e. The van der Waals surface area contributed by atoms with Crippen LogP contribution in [-0.4, -0.2) is 35.0 Å². The second kappa shape index (κ2) is 21.6. The highest BCUT2D eigenvalue weighted by atomic mass is 16.5. The molecule has 4 heteroatoms. The number of rotatable bonds is 22. The quantitative estimate of drug-likeness (QED) is 0.102. The third-order valence-electron chi connectivity index (χ3n) is 9.62. The van der Waals surface area contributed by atoms with Crippen molar-refractivity contribution in [2.45, 2.75) is 163 Å². The van der Waals surface area contributed by atoms with Gasteiger partial charge in [-0.2, -0.15) is 0 Å². The topological polar surface area (TPSA) is 66.8 Å². The van der Waals surface area contributed by atoms with Crippen molar-refractivity contribution in [1.82, 2.24) is 0 Å². The van der Waals surface area contributed by atoms with Gasteiger partial charge in [0.15, 0.2) is 0 Å². The van der Waals surface area contributed by atoms with Gasteiger partial charge >= 0.3 is 5.97 Å². The summed E-state index contributed by atoms with van der Waals surface area (Å²) in [6.45, 7) is 16.2. The van der Waals surface area contributed by atoms with Gasteiger partial charge in [0.1, 0.15) is 0 Å². The predicted octanol–water partition coefficient (Wildman–Crippen LogP) is 10.1. The summed E-state index contributed by atoms with van der Waals surface area (Å²) in [5.41, 5.74) is 2.85. The molecule has 4 nitrogen and oxygen atoms in total. The van der Waals surface area contributed by atoms with Crippen molar-refractivity contribution in [2.75, 3.05) is 6.61 Å². The zero-order valence-electron chi connectivity index (χ0n) is 27.4. The first-order valence-electron chi connectivity index (χ1n) is 16.9. The Balaban J connectivity index is 2.35. The number of allylic oxidation sites excluding steroid dienone is 4. The van der Waals surface area contributed by atoms with Crippen LogP contribution in [0.15, 0.2) is 23.3 Å². The monoisotopic (exact) mass is 562 g/mol. The van der Waals surface area contributed by atoms with E-state index in [2.05, 4.69) is 53.7 Å². The number of aliphatic carboxylic acids is 1. The van der Waals surface area contributed by atoms with Crippen molar-refractivity contribution < 1.29 is 19.7 Å². The number of carboxylic acids is 1. The van der Waals surface area contributed by atoms with E-state index in [4.69, 9.17) is 9.84 Å². The minimum atomic E-state index is -0.701. The molecule has 0 bridgehead atoms. The van der Waals surface area contributed by atoms with Crippen molar-refractivity contribution in [3.8, 4) is 0 Å². The summed E-state index contributed by atoms with van der Waals surface area (Å²) in [6, 6.07) is 0. The van der Waals surface area contributed by atoms with Crippen LogP contribution < -0.4 is 0 Å². The van der Waals surface area contributed by atoms with Crippen LogP contribution in [0.4, 0.5) is 0 Å². The molecule has 7 unspecified atom stereocenters. The van der Waals surface area contributed by atoms with Crippen LogP contribution in [0.2, 0.25) is 0 Å². The SMILES string of the molecule is CCCCCCCCOC1C(CCC(C)CCCC(C)=CCCC(C)=CCCC(C)C(=O)O)CC(O)C(C)C1C. The molecule has 40 heavy (non-hydrogen) atoms. The van der Waals surface area contributed by atoms with E-state index >= 15 is 0 Å². The molecule has 1 aliphatic rings. The second-order valence-electron chi connectivity index (χ2n) is 13.4. The van der Waals surface area contributed by atoms with E-state index in [9.17, 15) is 9.90 Å². The molecular weight excluding hydrogens is 496 g/mol. The van der Waals surface area contributed by atoms with Gasteiger partial charge in [-0.15, -0.1) is 0 Å². The summed E-state index contributed by atoms with van der Waals surface area (Å²) in [4.78, 5) is 10.9. The predicted molar refractivity (Wildman–Crippen MR) is 171 cm³/mol. The summed E-state index contributed by atoms with van der Waals surface area (Å²) in [7, 11) is 0. The highest BCUT2D eigenvalue weighted by Crippen LogP contribution is 2.39. The molecule has 0 saturated heterocycles. The Hall–Kier alpha value is -1.13. The number of unbranched alkanes of at least 4 members (excludes halogenated alkanes) is 5. The van der Waals surface area contributed by atoms with E-state index in [0.717, 1.165) is 32.3 Å². The van der Waals surface area contributed by atoms with Gasteiger partial charge in [0.05, 0.1) is 18.1 Å². The molecule has 0 heterocycles. The van der Waals surface area contributed by atoms with E-state index < -0.39 is 5.97 Å². The number of hydrogen-bond acceptors (Lipinski definition) is 3. The average molecular weight is 563 g/mol. The van der Waals surface area contributed by atoms with Crippen LogP contribution in [-0.2, 0) is 9.53 Å². The van der Waals surface area contributed by atoms with Gasteiger partial charge in [0.2, 0.25) is 0 Å². The lowest BCUT2D eigenvalue weighted by Gasteiger charge is -2.43. The lowest BCUT2D eigenvalue weighted by molar-refractivity contribution is -0.141. The van der Waals surface area contributed by atoms with Gasteiger partial charge in [-0.1, -0.05) is 103 Å². The minimum absolute atomic E-state index is 0.191. The van der Waals surface area contributed by atoms with Crippen LogP contribution in [0.5, 0.6) is 0 Å². The Kier molecular flexibility index (Phi) is 19.9. The number of ether oxygens (including phenoxy) is 1. The molecule has 0 radical (unpaired) electrons. The third kappa shape index (κ3) is 15.8. The Morgan fingerprint density at radius 3 is 2.23 bits per heavy atom. The van der Waals surface area contributed by atoms with Gasteiger partial charge in [0.25, 0.3) is 0 Å². The van der Waals surface area contributed by atoms with Gasteiger partial charge in [0, 0.05) is 6.61 Å². The molecule has 234 valence electrons. The van der Waals surface area contributed by atoms with Crippen LogP contribution in [0.1, 0.15) is 151 Å². The summed E-state index contributed by atoms with van der Waals surface area (Å²) < 4.78 is 6.53. The van der Waals surface area contributed by atoms with Crippen LogP contribution in [0, 0.1) is 29.6 Å². The molecule has 0 aromatic carbocycles. The van der Waals surface area contributed by atoms with Gasteiger partial charge in [-0.25, -0.2) is 0 Å². The first-order chi connectivity index (χ1) is 19.1. The Labute approximate surface area is 248 Å². The number of aliphatic hydroxyl groups is 1. The second-order valence-corrected chi connectivity index (χ2v) is 13.4. The van der Waals surface area contributed by atoms with Crippen LogP contribution in [0.3, 0.4) is 0 Å². The molecule has 0 aromatic heterocycles. The molecule has 7 atom stereocenters. The fourth-order valence-corrected chi connectivity index (χ4v) is 6.24. The van der Waals surface area contributed by atoms with Gasteiger partial charge < -0.3 is 14.9 Å². The highest BCUT2D eigenvalue weighted by molar-refractivity contribution is 5.69. The molecule has 1 fully saturated rings. The molecule has 2 N–H and O–H groups in total. The molecular formula is C36H66O4. The average Bonchev–Trinajstić information content (AvgIpc) is 2.91. The van der Waals surface area contributed by atoms with Gasteiger partial charge in [-0.3, -0.25) is 4.79 Å². The molecule has 1 aliphatic carbocycles. The molecule has 0 amide bonds. The van der Waals surface area contributed by atoms with Crippen molar-refractivity contribution in [3.05, 3.63) is 23.3 Å². The number of aliphatic hydroxyl groups excluding tert-OH is 1. The largest absolute Gasteiger partial charge is 0.481 e. The van der Waals surface area contributed by atoms with Crippen LogP contribution >= 0.6 is 0 Å². The maximum atomic E-state index is 10.9. The fourth-order valence-electron chi connectivity index (χ4n) is 6.24. The highest BCUT2D eigenvalue weighted by Gasteiger charge is 2.40. The number of carboxylic acid groups (broad SMARTS) is 1. The summed E-state index contributed by atoms with van der Waals surface area (Å²) in [5.74, 6) is 0.959. The van der Waals surface area contributed by atoms with E-state index in [1.54, 1.807) is 6.92 Å². The standard InChI is InChI=1S/C36H66O4/c1-8-9-10-11-12-13-25-40-35-32(7)31(6)34(37)26-33(35)24-23-29(4)20-15-19-27(2)17-14-18-28(3)21-16-22-30(5)36(38)39/h17,21,29-35,37H,8-16,18-20,22-26H2,1-7H3,(H,38,39). The zero-order valence-corrected chi connectivity index (χ0v) is 27.4. The Morgan fingerprint density at radius 2 is 1.52 bits per heavy atom. The molecule has 0 aliphatic heterocycles. The smallest absolute Gasteiger partial charge is 0.306 e. The lowest BCUT2D eigenvalue weighted by atomic mass is 9.70. The van der Waals surface area contributed by atoms with E-state index in [0.29, 0.717) is 36.2 Å². The van der Waals surface area contributed by atoms with Crippen LogP contribution in [0.25, 0.3) is 0 Å². The zero-order chi connectivity index (χ0) is 29.9. The van der Waals surface area contributed by atoms with E-state index in [-0.39, 0.29) is 12.0 Å². The fraction of sp³-hybridized carbons (Fsp3) is 0.861. The lowest BCUT2D eigenvalue weighted by Crippen LogP contribution is -2.45. The summed E-state index contributed by atoms with van der Waals surface area (Å²) in [5, 5.41) is 19.7. The number of carbonyl (C=O) groups is 1. The number of hydrogen-bond donors (Lipinski definition) is 2. The van der Waals surface area contributed by atoms with Crippen molar-refractivity contribution >= 4 is 5.97 Å². The van der Waals surface area contributed by atoms with Crippen molar-refractivity contribution in [2.24, 2.45) is 29.6 Å².